The minimum absolute atomic E-state index is 0.0552. The maximum atomic E-state index is 13.2. The van der Waals surface area contributed by atoms with Crippen molar-refractivity contribution >= 4 is 27.5 Å². The van der Waals surface area contributed by atoms with Crippen LogP contribution in [0.2, 0.25) is 0 Å². The predicted octanol–water partition coefficient (Wildman–Crippen LogP) is 3.62. The Labute approximate surface area is 175 Å². The van der Waals surface area contributed by atoms with Gasteiger partial charge in [-0.2, -0.15) is 0 Å². The van der Waals surface area contributed by atoms with Gasteiger partial charge in [0.1, 0.15) is 6.54 Å². The Hall–Kier alpha value is -3.45. The number of hydrogen-bond donors (Lipinski definition) is 0. The summed E-state index contributed by atoms with van der Waals surface area (Å²) in [7, 11) is -4.01. The minimum Gasteiger partial charge on any atom is -0.456 e. The Morgan fingerprint density at radius 1 is 0.867 bits per heavy atom. The molecule has 0 bridgehead atoms. The fraction of sp³-hybridized carbons (Fsp3) is 0.130. The predicted molar refractivity (Wildman–Crippen MR) is 114 cm³/mol. The average molecular weight is 423 g/mol. The van der Waals surface area contributed by atoms with Crippen LogP contribution in [-0.2, 0) is 19.6 Å². The highest BCUT2D eigenvalue weighted by Gasteiger charge is 2.28. The molecule has 6 nitrogen and oxygen atoms in total. The van der Waals surface area contributed by atoms with E-state index in [2.05, 4.69) is 0 Å². The van der Waals surface area contributed by atoms with E-state index in [1.165, 1.54) is 12.1 Å². The number of sulfonamides is 1. The second-order valence-corrected chi connectivity index (χ2v) is 8.48. The van der Waals surface area contributed by atoms with Crippen molar-refractivity contribution in [1.29, 1.82) is 0 Å². The highest BCUT2D eigenvalue weighted by atomic mass is 32.2. The Bertz CT molecular complexity index is 1130. The number of aryl methyl sites for hydroxylation is 1. The van der Waals surface area contributed by atoms with E-state index in [0.29, 0.717) is 11.3 Å². The number of nitrogens with zero attached hydrogens (tertiary/aromatic N) is 1. The third kappa shape index (κ3) is 5.12. The Morgan fingerprint density at radius 3 is 2.13 bits per heavy atom. The molecule has 3 rings (SSSR count). The number of hydrogen-bond acceptors (Lipinski definition) is 5. The molecule has 0 saturated heterocycles. The van der Waals surface area contributed by atoms with Crippen LogP contribution in [-0.4, -0.2) is 33.3 Å². The average Bonchev–Trinajstić information content (AvgIpc) is 2.77. The zero-order valence-corrected chi connectivity index (χ0v) is 17.2. The van der Waals surface area contributed by atoms with Crippen LogP contribution in [0.15, 0.2) is 89.8 Å². The molecule has 0 atom stereocenters. The van der Waals surface area contributed by atoms with Gasteiger partial charge in [0.25, 0.3) is 10.0 Å². The van der Waals surface area contributed by atoms with E-state index in [4.69, 9.17) is 4.74 Å². The van der Waals surface area contributed by atoms with E-state index in [0.717, 1.165) is 9.87 Å². The van der Waals surface area contributed by atoms with Gasteiger partial charge in [0.05, 0.1) is 10.6 Å². The molecule has 0 heterocycles. The first-order chi connectivity index (χ1) is 14.4. The lowest BCUT2D eigenvalue weighted by Gasteiger charge is -2.24. The van der Waals surface area contributed by atoms with E-state index >= 15 is 0 Å². The number of ketones is 1. The summed E-state index contributed by atoms with van der Waals surface area (Å²) in [5.41, 5.74) is 1.59. The molecule has 0 aliphatic carbocycles. The van der Waals surface area contributed by atoms with Gasteiger partial charge >= 0.3 is 5.97 Å². The second kappa shape index (κ2) is 9.37. The molecule has 0 spiro atoms. The molecule has 0 saturated carbocycles. The van der Waals surface area contributed by atoms with E-state index in [9.17, 15) is 18.0 Å². The zero-order chi connectivity index (χ0) is 21.6. The summed E-state index contributed by atoms with van der Waals surface area (Å²) >= 11 is 0. The quantitative estimate of drug-likeness (QED) is 0.408. The van der Waals surface area contributed by atoms with Crippen molar-refractivity contribution in [2.45, 2.75) is 11.8 Å². The van der Waals surface area contributed by atoms with Crippen molar-refractivity contribution in [3.63, 3.8) is 0 Å². The first-order valence-corrected chi connectivity index (χ1v) is 10.7. The van der Waals surface area contributed by atoms with Gasteiger partial charge in [-0.15, -0.1) is 0 Å². The molecule has 3 aromatic rings. The molecule has 0 radical (unpaired) electrons. The van der Waals surface area contributed by atoms with E-state index in [1.54, 1.807) is 66.7 Å². The SMILES string of the molecule is Cc1cccc(N(CC(=O)OCC(=O)c2ccccc2)S(=O)(=O)c2ccccc2)c1. The fourth-order valence-electron chi connectivity index (χ4n) is 2.83. The summed E-state index contributed by atoms with van der Waals surface area (Å²) < 4.78 is 32.4. The van der Waals surface area contributed by atoms with Crippen LogP contribution in [0.1, 0.15) is 15.9 Å². The molecule has 7 heteroatoms. The number of Topliss-reactive ketones (excluding diaryl/α,β-unsaturated/α-hetero) is 1. The summed E-state index contributed by atoms with van der Waals surface area (Å²) in [4.78, 5) is 24.7. The van der Waals surface area contributed by atoms with Crippen LogP contribution in [0.3, 0.4) is 0 Å². The molecule has 0 amide bonds. The molecule has 3 aromatic carbocycles. The molecule has 0 aromatic heterocycles. The second-order valence-electron chi connectivity index (χ2n) is 6.61. The van der Waals surface area contributed by atoms with Gasteiger partial charge in [-0.25, -0.2) is 8.42 Å². The van der Waals surface area contributed by atoms with Crippen LogP contribution in [0.25, 0.3) is 0 Å². The maximum absolute atomic E-state index is 13.2. The van der Waals surface area contributed by atoms with Crippen molar-refractivity contribution < 1.29 is 22.7 Å². The van der Waals surface area contributed by atoms with Crippen LogP contribution in [0.5, 0.6) is 0 Å². The molecular formula is C23H21NO5S. The molecule has 0 unspecified atom stereocenters. The maximum Gasteiger partial charge on any atom is 0.327 e. The van der Waals surface area contributed by atoms with Crippen LogP contribution in [0.4, 0.5) is 5.69 Å². The van der Waals surface area contributed by atoms with Crippen LogP contribution in [0, 0.1) is 6.92 Å². The number of esters is 1. The van der Waals surface area contributed by atoms with Gasteiger partial charge in [0.2, 0.25) is 0 Å². The number of rotatable bonds is 8. The molecule has 0 aliphatic heterocycles. The number of ether oxygens (including phenoxy) is 1. The monoisotopic (exact) mass is 423 g/mol. The fourth-order valence-corrected chi connectivity index (χ4v) is 4.26. The Kier molecular flexibility index (Phi) is 6.64. The van der Waals surface area contributed by atoms with Gasteiger partial charge < -0.3 is 4.74 Å². The lowest BCUT2D eigenvalue weighted by molar-refractivity contribution is -0.140. The van der Waals surface area contributed by atoms with E-state index in [1.807, 2.05) is 13.0 Å². The smallest absolute Gasteiger partial charge is 0.327 e. The molecule has 154 valence electrons. The molecule has 0 fully saturated rings. The first kappa shape index (κ1) is 21.3. The first-order valence-electron chi connectivity index (χ1n) is 9.26. The van der Waals surface area contributed by atoms with E-state index in [-0.39, 0.29) is 10.7 Å². The molecule has 0 aliphatic rings. The highest BCUT2D eigenvalue weighted by Crippen LogP contribution is 2.24. The number of carbonyl (C=O) groups excluding carboxylic acids is 2. The van der Waals surface area contributed by atoms with Gasteiger partial charge in [0.15, 0.2) is 12.4 Å². The highest BCUT2D eigenvalue weighted by molar-refractivity contribution is 7.92. The lowest BCUT2D eigenvalue weighted by Crippen LogP contribution is -2.37. The molecule has 0 N–H and O–H groups in total. The zero-order valence-electron chi connectivity index (χ0n) is 16.4. The van der Waals surface area contributed by atoms with Crippen molar-refractivity contribution in [1.82, 2.24) is 0 Å². The largest absolute Gasteiger partial charge is 0.456 e. The summed E-state index contributed by atoms with van der Waals surface area (Å²) in [6, 6.07) is 23.1. The van der Waals surface area contributed by atoms with E-state index < -0.39 is 29.1 Å². The van der Waals surface area contributed by atoms with Crippen molar-refractivity contribution in [2.24, 2.45) is 0 Å². The van der Waals surface area contributed by atoms with Crippen LogP contribution >= 0.6 is 0 Å². The standard InChI is InChI=1S/C23H21NO5S/c1-18-9-8-12-20(15-18)24(30(27,28)21-13-6-3-7-14-21)16-23(26)29-17-22(25)19-10-4-2-5-11-19/h2-15H,16-17H2,1H3. The molecular weight excluding hydrogens is 402 g/mol. The number of anilines is 1. The molecule has 30 heavy (non-hydrogen) atoms. The van der Waals surface area contributed by atoms with Crippen LogP contribution < -0.4 is 4.31 Å². The third-order valence-electron chi connectivity index (χ3n) is 4.35. The normalized spacial score (nSPS) is 11.0. The summed E-state index contributed by atoms with van der Waals surface area (Å²) in [6.07, 6.45) is 0. The Balaban J connectivity index is 1.81. The summed E-state index contributed by atoms with van der Waals surface area (Å²) in [5, 5.41) is 0. The van der Waals surface area contributed by atoms with Crippen molar-refractivity contribution in [2.75, 3.05) is 17.5 Å². The number of carbonyl (C=O) groups is 2. The third-order valence-corrected chi connectivity index (χ3v) is 6.14. The summed E-state index contributed by atoms with van der Waals surface area (Å²) in [5.74, 6) is -1.18. The van der Waals surface area contributed by atoms with Crippen molar-refractivity contribution in [3.05, 3.63) is 96.1 Å². The van der Waals surface area contributed by atoms with Gasteiger partial charge in [-0.3, -0.25) is 13.9 Å². The van der Waals surface area contributed by atoms with Crippen molar-refractivity contribution in [3.8, 4) is 0 Å². The van der Waals surface area contributed by atoms with Gasteiger partial charge in [-0.1, -0.05) is 60.7 Å². The lowest BCUT2D eigenvalue weighted by atomic mass is 10.1. The minimum atomic E-state index is -4.01. The number of benzene rings is 3. The topological polar surface area (TPSA) is 80.8 Å². The van der Waals surface area contributed by atoms with Gasteiger partial charge in [-0.05, 0) is 36.8 Å². The van der Waals surface area contributed by atoms with Gasteiger partial charge in [0, 0.05) is 5.56 Å². The summed E-state index contributed by atoms with van der Waals surface area (Å²) in [6.45, 7) is 0.812. The Morgan fingerprint density at radius 2 is 1.50 bits per heavy atom.